The molecule has 1 aliphatic heterocycles. The average Bonchev–Trinajstić information content (AvgIpc) is 3.31. The summed E-state index contributed by atoms with van der Waals surface area (Å²) in [5, 5.41) is 10.3. The lowest BCUT2D eigenvalue weighted by Gasteiger charge is -2.26. The van der Waals surface area contributed by atoms with E-state index in [1.807, 2.05) is 4.90 Å². The Morgan fingerprint density at radius 2 is 2.20 bits per heavy atom. The number of carbonyl (C=O) groups is 1. The van der Waals surface area contributed by atoms with E-state index in [-0.39, 0.29) is 18.6 Å². The summed E-state index contributed by atoms with van der Waals surface area (Å²) >= 11 is 0. The minimum absolute atomic E-state index is 0.00460. The van der Waals surface area contributed by atoms with E-state index in [2.05, 4.69) is 5.92 Å². The van der Waals surface area contributed by atoms with Gasteiger partial charge in [-0.3, -0.25) is 4.79 Å². The Labute approximate surface area is 147 Å². The quantitative estimate of drug-likeness (QED) is 0.822. The van der Waals surface area contributed by atoms with Gasteiger partial charge in [0.15, 0.2) is 0 Å². The molecule has 1 N–H and O–H groups in total. The molecule has 3 rings (SSSR count). The van der Waals surface area contributed by atoms with Gasteiger partial charge in [-0.15, -0.1) is 6.42 Å². The number of hydrogen-bond donors (Lipinski definition) is 1. The zero-order valence-corrected chi connectivity index (χ0v) is 13.9. The van der Waals surface area contributed by atoms with Gasteiger partial charge in [0.05, 0.1) is 6.26 Å². The van der Waals surface area contributed by atoms with Crippen LogP contribution >= 0.6 is 0 Å². The van der Waals surface area contributed by atoms with Crippen molar-refractivity contribution in [2.24, 2.45) is 0 Å². The molecule has 1 saturated heterocycles. The number of ether oxygens (including phenoxy) is 1. The molecule has 0 aliphatic carbocycles. The number of amides is 1. The van der Waals surface area contributed by atoms with Crippen LogP contribution in [-0.4, -0.2) is 35.1 Å². The van der Waals surface area contributed by atoms with Crippen LogP contribution in [0.3, 0.4) is 0 Å². The molecular formula is C20H21NO4. The van der Waals surface area contributed by atoms with E-state index in [0.29, 0.717) is 30.0 Å². The number of furan rings is 1. The van der Waals surface area contributed by atoms with E-state index in [1.54, 1.807) is 42.7 Å². The van der Waals surface area contributed by atoms with Crippen LogP contribution in [0.1, 0.15) is 41.5 Å². The second kappa shape index (κ2) is 7.91. The number of rotatable bonds is 6. The molecule has 2 unspecified atom stereocenters. The zero-order valence-electron chi connectivity index (χ0n) is 13.9. The molecule has 5 nitrogen and oxygen atoms in total. The summed E-state index contributed by atoms with van der Waals surface area (Å²) in [7, 11) is 0. The minimum Gasteiger partial charge on any atom is -0.481 e. The SMILES string of the molecule is C#CCOc1ccc(C(=O)N2CCCC2CC(O)c2ccco2)cc1. The van der Waals surface area contributed by atoms with Crippen LogP contribution < -0.4 is 4.74 Å². The van der Waals surface area contributed by atoms with Gasteiger partial charge in [0.1, 0.15) is 24.2 Å². The fraction of sp³-hybridized carbons (Fsp3) is 0.350. The molecule has 5 heteroatoms. The van der Waals surface area contributed by atoms with Crippen LogP contribution in [0.25, 0.3) is 0 Å². The second-order valence-corrected chi connectivity index (χ2v) is 6.08. The number of carbonyl (C=O) groups excluding carboxylic acids is 1. The van der Waals surface area contributed by atoms with Crippen LogP contribution in [0.4, 0.5) is 0 Å². The number of terminal acetylenes is 1. The number of aliphatic hydroxyl groups excluding tert-OH is 1. The molecule has 0 bridgehead atoms. The van der Waals surface area contributed by atoms with Gasteiger partial charge in [-0.25, -0.2) is 0 Å². The highest BCUT2D eigenvalue weighted by Gasteiger charge is 2.31. The molecule has 0 saturated carbocycles. The Hall–Kier alpha value is -2.71. The Morgan fingerprint density at radius 1 is 1.40 bits per heavy atom. The average molecular weight is 339 g/mol. The van der Waals surface area contributed by atoms with Gasteiger partial charge in [0, 0.05) is 24.6 Å². The molecular weight excluding hydrogens is 318 g/mol. The normalized spacial score (nSPS) is 17.9. The summed E-state index contributed by atoms with van der Waals surface area (Å²) in [6.07, 6.45) is 8.30. The van der Waals surface area contributed by atoms with Crippen molar-refractivity contribution in [1.29, 1.82) is 0 Å². The van der Waals surface area contributed by atoms with E-state index in [4.69, 9.17) is 15.6 Å². The van der Waals surface area contributed by atoms with E-state index >= 15 is 0 Å². The maximum atomic E-state index is 12.8. The first-order valence-electron chi connectivity index (χ1n) is 8.38. The fourth-order valence-corrected chi connectivity index (χ4v) is 3.19. The number of aliphatic hydroxyl groups is 1. The first kappa shape index (κ1) is 17.1. The van der Waals surface area contributed by atoms with Crippen LogP contribution in [-0.2, 0) is 0 Å². The van der Waals surface area contributed by atoms with E-state index in [1.165, 1.54) is 0 Å². The predicted molar refractivity (Wildman–Crippen MR) is 93.1 cm³/mol. The number of likely N-dealkylation sites (tertiary alicyclic amines) is 1. The Bertz CT molecular complexity index is 730. The van der Waals surface area contributed by atoms with Crippen LogP contribution in [0, 0.1) is 12.3 Å². The monoisotopic (exact) mass is 339 g/mol. The van der Waals surface area contributed by atoms with E-state index < -0.39 is 6.10 Å². The lowest BCUT2D eigenvalue weighted by molar-refractivity contribution is 0.0641. The van der Waals surface area contributed by atoms with Gasteiger partial charge in [0.2, 0.25) is 0 Å². The lowest BCUT2D eigenvalue weighted by atomic mass is 10.0. The highest BCUT2D eigenvalue weighted by atomic mass is 16.5. The van der Waals surface area contributed by atoms with E-state index in [0.717, 1.165) is 12.8 Å². The first-order chi connectivity index (χ1) is 12.2. The Kier molecular flexibility index (Phi) is 5.42. The second-order valence-electron chi connectivity index (χ2n) is 6.08. The van der Waals surface area contributed by atoms with Crippen molar-refractivity contribution >= 4 is 5.91 Å². The van der Waals surface area contributed by atoms with Gasteiger partial charge in [-0.2, -0.15) is 0 Å². The third-order valence-electron chi connectivity index (χ3n) is 4.43. The molecule has 1 aliphatic rings. The first-order valence-corrected chi connectivity index (χ1v) is 8.38. The zero-order chi connectivity index (χ0) is 17.6. The largest absolute Gasteiger partial charge is 0.481 e. The van der Waals surface area contributed by atoms with Gasteiger partial charge in [-0.1, -0.05) is 5.92 Å². The van der Waals surface area contributed by atoms with Crippen molar-refractivity contribution in [3.05, 3.63) is 54.0 Å². The highest BCUT2D eigenvalue weighted by Crippen LogP contribution is 2.29. The summed E-state index contributed by atoms with van der Waals surface area (Å²) in [6, 6.07) is 10.5. The third kappa shape index (κ3) is 4.04. The number of benzene rings is 1. The smallest absolute Gasteiger partial charge is 0.254 e. The summed E-state index contributed by atoms with van der Waals surface area (Å²) < 4.78 is 10.6. The molecule has 25 heavy (non-hydrogen) atoms. The van der Waals surface area contributed by atoms with Crippen molar-refractivity contribution in [2.75, 3.05) is 13.2 Å². The molecule has 130 valence electrons. The third-order valence-corrected chi connectivity index (χ3v) is 4.43. The van der Waals surface area contributed by atoms with Crippen molar-refractivity contribution in [2.45, 2.75) is 31.4 Å². The van der Waals surface area contributed by atoms with Crippen molar-refractivity contribution < 1.29 is 19.1 Å². The van der Waals surface area contributed by atoms with Crippen LogP contribution in [0.2, 0.25) is 0 Å². The standard InChI is InChI=1S/C20H21NO4/c1-2-12-24-17-9-7-15(8-10-17)20(23)21-11-3-5-16(21)14-18(22)19-6-4-13-25-19/h1,4,6-10,13,16,18,22H,3,5,11-12,14H2. The van der Waals surface area contributed by atoms with Crippen LogP contribution in [0.15, 0.2) is 47.1 Å². The molecule has 1 fully saturated rings. The molecule has 2 aromatic rings. The molecule has 2 atom stereocenters. The topological polar surface area (TPSA) is 62.9 Å². The Balaban J connectivity index is 1.65. The summed E-state index contributed by atoms with van der Waals surface area (Å²) in [5.74, 6) is 3.55. The van der Waals surface area contributed by atoms with Crippen molar-refractivity contribution in [3.8, 4) is 18.1 Å². The predicted octanol–water partition coefficient (Wildman–Crippen LogP) is 3.02. The molecule has 2 heterocycles. The molecule has 1 aromatic carbocycles. The summed E-state index contributed by atoms with van der Waals surface area (Å²) in [5.41, 5.74) is 0.604. The van der Waals surface area contributed by atoms with Crippen molar-refractivity contribution in [3.63, 3.8) is 0 Å². The van der Waals surface area contributed by atoms with Crippen molar-refractivity contribution in [1.82, 2.24) is 4.90 Å². The van der Waals surface area contributed by atoms with Gasteiger partial charge >= 0.3 is 0 Å². The summed E-state index contributed by atoms with van der Waals surface area (Å²) in [4.78, 5) is 14.6. The molecule has 1 aromatic heterocycles. The number of nitrogens with zero attached hydrogens (tertiary/aromatic N) is 1. The van der Waals surface area contributed by atoms with Gasteiger partial charge in [0.25, 0.3) is 5.91 Å². The van der Waals surface area contributed by atoms with Gasteiger partial charge in [-0.05, 0) is 49.2 Å². The molecule has 0 radical (unpaired) electrons. The Morgan fingerprint density at radius 3 is 2.88 bits per heavy atom. The summed E-state index contributed by atoms with van der Waals surface area (Å²) in [6.45, 7) is 0.899. The minimum atomic E-state index is -0.701. The highest BCUT2D eigenvalue weighted by molar-refractivity contribution is 5.94. The maximum Gasteiger partial charge on any atom is 0.254 e. The maximum absolute atomic E-state index is 12.8. The van der Waals surface area contributed by atoms with E-state index in [9.17, 15) is 9.90 Å². The lowest BCUT2D eigenvalue weighted by Crippen LogP contribution is -2.36. The molecule has 0 spiro atoms. The molecule has 1 amide bonds. The number of hydrogen-bond acceptors (Lipinski definition) is 4. The van der Waals surface area contributed by atoms with Crippen LogP contribution in [0.5, 0.6) is 5.75 Å². The van der Waals surface area contributed by atoms with Gasteiger partial charge < -0.3 is 19.2 Å². The fourth-order valence-electron chi connectivity index (χ4n) is 3.19.